The van der Waals surface area contributed by atoms with E-state index in [1.165, 1.54) is 6.92 Å². The first-order chi connectivity index (χ1) is 3.92. The second kappa shape index (κ2) is 3.37. The Bertz CT molecular complexity index is 163. The van der Waals surface area contributed by atoms with Crippen molar-refractivity contribution in [2.24, 2.45) is 0 Å². The summed E-state index contributed by atoms with van der Waals surface area (Å²) < 4.78 is 32.2. The highest BCUT2D eigenvalue weighted by Crippen LogP contribution is 2.03. The average molecular weight is 175 g/mol. The maximum absolute atomic E-state index is 11.9. The summed E-state index contributed by atoms with van der Waals surface area (Å²) in [6, 6.07) is 0. The molecule has 56 valence electrons. The molecule has 0 unspecified atom stereocenters. The van der Waals surface area contributed by atoms with E-state index in [0.717, 1.165) is 0 Å². The molecule has 0 bridgehead atoms. The fraction of sp³-hybridized carbons (Fsp3) is 1.00. The zero-order valence-electron chi connectivity index (χ0n) is 4.97. The van der Waals surface area contributed by atoms with Crippen molar-refractivity contribution in [3.8, 4) is 0 Å². The molecule has 0 saturated heterocycles. The summed E-state index contributed by atoms with van der Waals surface area (Å²) >= 11 is 0. The molecule has 2 nitrogen and oxygen atoms in total. The van der Waals surface area contributed by atoms with Crippen LogP contribution in [0.1, 0.15) is 13.3 Å². The van der Waals surface area contributed by atoms with Gasteiger partial charge in [-0.1, -0.05) is 0 Å². The smallest absolute Gasteiger partial charge is 0.232 e. The maximum atomic E-state index is 11.9. The summed E-state index contributed by atoms with van der Waals surface area (Å²) in [5.74, 6) is -0.285. The van der Waals surface area contributed by atoms with Crippen LogP contribution < -0.4 is 0 Å². The van der Waals surface area contributed by atoms with Gasteiger partial charge in [0.1, 0.15) is 0 Å². The van der Waals surface area contributed by atoms with E-state index < -0.39 is 15.2 Å². The van der Waals surface area contributed by atoms with Gasteiger partial charge in [0.2, 0.25) is 9.05 Å². The van der Waals surface area contributed by atoms with Crippen molar-refractivity contribution in [2.45, 2.75) is 19.5 Å². The van der Waals surface area contributed by atoms with Gasteiger partial charge in [-0.05, 0) is 13.3 Å². The molecule has 0 aromatic rings. The lowest BCUT2D eigenvalue weighted by atomic mass is 10.3. The molecule has 0 rings (SSSR count). The first-order valence-corrected chi connectivity index (χ1v) is 4.96. The van der Waals surface area contributed by atoms with E-state index in [-0.39, 0.29) is 12.2 Å². The van der Waals surface area contributed by atoms with E-state index in [4.69, 9.17) is 10.7 Å². The predicted molar refractivity (Wildman–Crippen MR) is 34.8 cm³/mol. The van der Waals surface area contributed by atoms with Gasteiger partial charge in [0.15, 0.2) is 0 Å². The minimum atomic E-state index is -3.49. The molecule has 0 aromatic heterocycles. The van der Waals surface area contributed by atoms with Crippen molar-refractivity contribution >= 4 is 19.7 Å². The second-order valence-corrected chi connectivity index (χ2v) is 4.71. The van der Waals surface area contributed by atoms with Gasteiger partial charge < -0.3 is 0 Å². The zero-order valence-corrected chi connectivity index (χ0v) is 6.54. The van der Waals surface area contributed by atoms with Crippen LogP contribution in [0.4, 0.5) is 4.39 Å². The third kappa shape index (κ3) is 8.17. The van der Waals surface area contributed by atoms with E-state index in [1.54, 1.807) is 0 Å². The molecular formula is C4H8ClFO2S. The minimum Gasteiger partial charge on any atom is -0.248 e. The molecule has 0 N–H and O–H groups in total. The van der Waals surface area contributed by atoms with Crippen LogP contribution in [-0.2, 0) is 9.05 Å². The van der Waals surface area contributed by atoms with Gasteiger partial charge in [-0.3, -0.25) is 0 Å². The summed E-state index contributed by atoms with van der Waals surface area (Å²) in [6.45, 7) is 1.29. The van der Waals surface area contributed by atoms with Crippen molar-refractivity contribution in [1.82, 2.24) is 0 Å². The highest BCUT2D eigenvalue weighted by Gasteiger charge is 2.07. The fourth-order valence-electron chi connectivity index (χ4n) is 0.303. The standard InChI is InChI=1S/C4H8ClFO2S/c1-4(6)2-3-9(5,7)8/h4H,2-3H2,1H3/t4-/m0/s1. The van der Waals surface area contributed by atoms with Crippen molar-refractivity contribution < 1.29 is 12.8 Å². The van der Waals surface area contributed by atoms with Crippen LogP contribution in [0.5, 0.6) is 0 Å². The Morgan fingerprint density at radius 2 is 2.11 bits per heavy atom. The van der Waals surface area contributed by atoms with Gasteiger partial charge in [-0.2, -0.15) is 0 Å². The van der Waals surface area contributed by atoms with Gasteiger partial charge in [0, 0.05) is 10.7 Å². The molecule has 0 spiro atoms. The van der Waals surface area contributed by atoms with Gasteiger partial charge in [-0.25, -0.2) is 12.8 Å². The van der Waals surface area contributed by atoms with Gasteiger partial charge in [-0.15, -0.1) is 0 Å². The Morgan fingerprint density at radius 1 is 1.67 bits per heavy atom. The highest BCUT2D eigenvalue weighted by atomic mass is 35.7. The Balaban J connectivity index is 3.53. The van der Waals surface area contributed by atoms with Crippen LogP contribution in [-0.4, -0.2) is 20.3 Å². The molecule has 0 heterocycles. The van der Waals surface area contributed by atoms with Gasteiger partial charge in [0.05, 0.1) is 11.9 Å². The highest BCUT2D eigenvalue weighted by molar-refractivity contribution is 8.13. The first-order valence-electron chi connectivity index (χ1n) is 2.48. The van der Waals surface area contributed by atoms with Crippen LogP contribution in [0.15, 0.2) is 0 Å². The molecule has 0 aliphatic carbocycles. The van der Waals surface area contributed by atoms with E-state index in [2.05, 4.69) is 0 Å². The van der Waals surface area contributed by atoms with Gasteiger partial charge in [0.25, 0.3) is 0 Å². The van der Waals surface area contributed by atoms with Crippen LogP contribution >= 0.6 is 10.7 Å². The lowest BCUT2D eigenvalue weighted by molar-refractivity contribution is 0.353. The number of rotatable bonds is 3. The molecule has 0 aliphatic rings. The lowest BCUT2D eigenvalue weighted by Gasteiger charge is -1.95. The summed E-state index contributed by atoms with van der Waals surface area (Å²) in [5.41, 5.74) is 0. The maximum Gasteiger partial charge on any atom is 0.232 e. The molecule has 0 aliphatic heterocycles. The third-order valence-corrected chi connectivity index (χ3v) is 1.95. The number of halogens is 2. The van der Waals surface area contributed by atoms with Crippen LogP contribution in [0, 0.1) is 0 Å². The van der Waals surface area contributed by atoms with E-state index in [0.29, 0.717) is 0 Å². The van der Waals surface area contributed by atoms with Crippen molar-refractivity contribution in [3.63, 3.8) is 0 Å². The molecule has 0 radical (unpaired) electrons. The van der Waals surface area contributed by atoms with Crippen LogP contribution in [0.2, 0.25) is 0 Å². The minimum absolute atomic E-state index is 0.0220. The number of alkyl halides is 1. The summed E-state index contributed by atoms with van der Waals surface area (Å²) in [6.07, 6.45) is -1.12. The molecule has 0 amide bonds. The molecular weight excluding hydrogens is 167 g/mol. The molecule has 0 fully saturated rings. The second-order valence-electron chi connectivity index (χ2n) is 1.81. The zero-order chi connectivity index (χ0) is 7.49. The molecule has 0 aromatic carbocycles. The Labute approximate surface area is 58.4 Å². The van der Waals surface area contributed by atoms with E-state index in [9.17, 15) is 12.8 Å². The summed E-state index contributed by atoms with van der Waals surface area (Å²) in [7, 11) is 1.30. The Kier molecular flexibility index (Phi) is 3.43. The average Bonchev–Trinajstić information content (AvgIpc) is 1.59. The Morgan fingerprint density at radius 3 is 2.22 bits per heavy atom. The summed E-state index contributed by atoms with van der Waals surface area (Å²) in [4.78, 5) is 0. The largest absolute Gasteiger partial charge is 0.248 e. The Hall–Kier alpha value is 0.170. The van der Waals surface area contributed by atoms with E-state index >= 15 is 0 Å². The fourth-order valence-corrected chi connectivity index (χ4v) is 1.18. The SMILES string of the molecule is C[C@H](F)CCS(=O)(=O)Cl. The van der Waals surface area contributed by atoms with Crippen molar-refractivity contribution in [1.29, 1.82) is 0 Å². The molecule has 9 heavy (non-hydrogen) atoms. The predicted octanol–water partition coefficient (Wildman–Crippen LogP) is 1.30. The lowest BCUT2D eigenvalue weighted by Crippen LogP contribution is -2.03. The number of hydrogen-bond acceptors (Lipinski definition) is 2. The topological polar surface area (TPSA) is 34.1 Å². The molecule has 5 heteroatoms. The molecule has 0 saturated carbocycles. The quantitative estimate of drug-likeness (QED) is 0.605. The van der Waals surface area contributed by atoms with Crippen LogP contribution in [0.25, 0.3) is 0 Å². The number of hydrogen-bond donors (Lipinski definition) is 0. The van der Waals surface area contributed by atoms with Crippen LogP contribution in [0.3, 0.4) is 0 Å². The van der Waals surface area contributed by atoms with Crippen molar-refractivity contribution in [3.05, 3.63) is 0 Å². The monoisotopic (exact) mass is 174 g/mol. The van der Waals surface area contributed by atoms with Crippen molar-refractivity contribution in [2.75, 3.05) is 5.75 Å². The van der Waals surface area contributed by atoms with E-state index in [1.807, 2.05) is 0 Å². The first kappa shape index (κ1) is 9.17. The van der Waals surface area contributed by atoms with Gasteiger partial charge >= 0.3 is 0 Å². The summed E-state index contributed by atoms with van der Waals surface area (Å²) in [5, 5.41) is 0. The molecule has 1 atom stereocenters. The third-order valence-electron chi connectivity index (χ3n) is 0.759. The normalized spacial score (nSPS) is 15.4.